The topological polar surface area (TPSA) is 49.6 Å². The number of alkyl halides is 3. The van der Waals surface area contributed by atoms with Gasteiger partial charge in [-0.05, 0) is 36.8 Å². The first-order valence-electron chi connectivity index (χ1n) is 7.19. The number of aliphatic imine (C=N–C) groups is 1. The highest BCUT2D eigenvalue weighted by Crippen LogP contribution is 2.29. The summed E-state index contributed by atoms with van der Waals surface area (Å²) in [5.41, 5.74) is -0.172. The Labute approximate surface area is 132 Å². The molecule has 1 aromatic carbocycles. The predicted octanol–water partition coefficient (Wildman–Crippen LogP) is 3.55. The number of halogens is 3. The summed E-state index contributed by atoms with van der Waals surface area (Å²) in [4.78, 5) is 4.29. The number of nitrogens with one attached hydrogen (secondary N) is 2. The fourth-order valence-electron chi connectivity index (χ4n) is 1.94. The van der Waals surface area contributed by atoms with Gasteiger partial charge in [-0.3, -0.25) is 0 Å². The third kappa shape index (κ3) is 5.36. The number of furan rings is 1. The quantitative estimate of drug-likeness (QED) is 0.653. The van der Waals surface area contributed by atoms with Crippen molar-refractivity contribution in [3.05, 3.63) is 59.5 Å². The van der Waals surface area contributed by atoms with Crippen LogP contribution in [0.4, 0.5) is 13.2 Å². The van der Waals surface area contributed by atoms with Crippen molar-refractivity contribution in [1.29, 1.82) is 0 Å². The molecule has 1 aromatic heterocycles. The van der Waals surface area contributed by atoms with E-state index in [9.17, 15) is 13.2 Å². The van der Waals surface area contributed by atoms with E-state index in [0.717, 1.165) is 17.9 Å². The average molecular weight is 325 g/mol. The molecule has 23 heavy (non-hydrogen) atoms. The fraction of sp³-hybridized carbons (Fsp3) is 0.312. The van der Waals surface area contributed by atoms with Crippen LogP contribution >= 0.6 is 0 Å². The van der Waals surface area contributed by atoms with Gasteiger partial charge < -0.3 is 15.1 Å². The van der Waals surface area contributed by atoms with E-state index in [-0.39, 0.29) is 6.54 Å². The first-order chi connectivity index (χ1) is 11.0. The zero-order chi connectivity index (χ0) is 16.7. The van der Waals surface area contributed by atoms with E-state index in [4.69, 9.17) is 4.42 Å². The van der Waals surface area contributed by atoms with E-state index in [0.29, 0.717) is 24.6 Å². The molecule has 0 aliphatic heterocycles. The summed E-state index contributed by atoms with van der Waals surface area (Å²) in [6.07, 6.45) is -2.77. The maximum absolute atomic E-state index is 12.7. The molecule has 2 rings (SSSR count). The van der Waals surface area contributed by atoms with Crippen molar-refractivity contribution >= 4 is 5.96 Å². The Kier molecular flexibility index (Phi) is 5.67. The van der Waals surface area contributed by atoms with Gasteiger partial charge in [0.05, 0.1) is 24.9 Å². The van der Waals surface area contributed by atoms with Crippen LogP contribution in [0.3, 0.4) is 0 Å². The number of hydrogen-bond donors (Lipinski definition) is 2. The largest absolute Gasteiger partial charge is 0.467 e. The molecule has 0 atom stereocenters. The van der Waals surface area contributed by atoms with E-state index >= 15 is 0 Å². The molecular weight excluding hydrogens is 307 g/mol. The third-order valence-electron chi connectivity index (χ3n) is 3.03. The molecule has 0 saturated carbocycles. The Morgan fingerprint density at radius 3 is 2.65 bits per heavy atom. The molecule has 7 heteroatoms. The Morgan fingerprint density at radius 1 is 1.17 bits per heavy atom. The van der Waals surface area contributed by atoms with Crippen molar-refractivity contribution < 1.29 is 17.6 Å². The van der Waals surface area contributed by atoms with Gasteiger partial charge in [0.1, 0.15) is 5.76 Å². The maximum atomic E-state index is 12.7. The highest BCUT2D eigenvalue weighted by molar-refractivity contribution is 5.79. The SMILES string of the molecule is CCNC(=NCc1cccc(C(F)(F)F)c1)NCc1ccco1. The highest BCUT2D eigenvalue weighted by atomic mass is 19.4. The molecular formula is C16H18F3N3O. The van der Waals surface area contributed by atoms with Crippen molar-refractivity contribution in [2.24, 2.45) is 4.99 Å². The van der Waals surface area contributed by atoms with E-state index < -0.39 is 11.7 Å². The second kappa shape index (κ2) is 7.71. The van der Waals surface area contributed by atoms with Gasteiger partial charge in [0.2, 0.25) is 0 Å². The van der Waals surface area contributed by atoms with E-state index in [1.807, 2.05) is 13.0 Å². The summed E-state index contributed by atoms with van der Waals surface area (Å²) >= 11 is 0. The summed E-state index contributed by atoms with van der Waals surface area (Å²) in [5.74, 6) is 1.26. The minimum Gasteiger partial charge on any atom is -0.467 e. The fourth-order valence-corrected chi connectivity index (χ4v) is 1.94. The van der Waals surface area contributed by atoms with Crippen LogP contribution in [0.15, 0.2) is 52.1 Å². The standard InChI is InChI=1S/C16H18F3N3O/c1-2-20-15(22-11-14-7-4-8-23-14)21-10-12-5-3-6-13(9-12)16(17,18)19/h3-9H,2,10-11H2,1H3,(H2,20,21,22). The molecule has 0 aliphatic carbocycles. The molecule has 0 aliphatic rings. The molecule has 1 heterocycles. The Bertz CT molecular complexity index is 636. The number of nitrogens with zero attached hydrogens (tertiary/aromatic N) is 1. The number of benzene rings is 1. The molecule has 124 valence electrons. The molecule has 0 bridgehead atoms. The number of hydrogen-bond acceptors (Lipinski definition) is 2. The molecule has 0 saturated heterocycles. The minimum atomic E-state index is -4.35. The summed E-state index contributed by atoms with van der Waals surface area (Å²) in [7, 11) is 0. The van der Waals surface area contributed by atoms with Crippen molar-refractivity contribution in [1.82, 2.24) is 10.6 Å². The lowest BCUT2D eigenvalue weighted by Gasteiger charge is -2.11. The van der Waals surface area contributed by atoms with Crippen molar-refractivity contribution in [2.75, 3.05) is 6.54 Å². The Morgan fingerprint density at radius 2 is 2.00 bits per heavy atom. The van der Waals surface area contributed by atoms with E-state index in [1.165, 1.54) is 6.07 Å². The summed E-state index contributed by atoms with van der Waals surface area (Å²) in [6, 6.07) is 8.77. The lowest BCUT2D eigenvalue weighted by molar-refractivity contribution is -0.137. The van der Waals surface area contributed by atoms with Crippen LogP contribution < -0.4 is 10.6 Å². The van der Waals surface area contributed by atoms with Crippen LogP contribution in [0.2, 0.25) is 0 Å². The zero-order valence-corrected chi connectivity index (χ0v) is 12.7. The number of guanidine groups is 1. The molecule has 0 fully saturated rings. The molecule has 0 radical (unpaired) electrons. The third-order valence-corrected chi connectivity index (χ3v) is 3.03. The van der Waals surface area contributed by atoms with Crippen LogP contribution in [0.1, 0.15) is 23.8 Å². The lowest BCUT2D eigenvalue weighted by Crippen LogP contribution is -2.36. The van der Waals surface area contributed by atoms with Crippen molar-refractivity contribution in [3.63, 3.8) is 0 Å². The van der Waals surface area contributed by atoms with Gasteiger partial charge in [-0.1, -0.05) is 12.1 Å². The Balaban J connectivity index is 2.02. The molecule has 2 aromatic rings. The second-order valence-electron chi connectivity index (χ2n) is 4.83. The monoisotopic (exact) mass is 325 g/mol. The first-order valence-corrected chi connectivity index (χ1v) is 7.19. The summed E-state index contributed by atoms with van der Waals surface area (Å²) in [5, 5.41) is 6.10. The molecule has 0 spiro atoms. The zero-order valence-electron chi connectivity index (χ0n) is 12.7. The smallest absolute Gasteiger partial charge is 0.416 e. The minimum absolute atomic E-state index is 0.150. The average Bonchev–Trinajstić information content (AvgIpc) is 3.03. The summed E-state index contributed by atoms with van der Waals surface area (Å²) < 4.78 is 43.3. The van der Waals surface area contributed by atoms with Gasteiger partial charge in [0.15, 0.2) is 5.96 Å². The molecule has 2 N–H and O–H groups in total. The predicted molar refractivity (Wildman–Crippen MR) is 81.8 cm³/mol. The van der Waals surface area contributed by atoms with Gasteiger partial charge in [-0.25, -0.2) is 4.99 Å². The van der Waals surface area contributed by atoms with Gasteiger partial charge in [0.25, 0.3) is 0 Å². The van der Waals surface area contributed by atoms with Crippen molar-refractivity contribution in [3.8, 4) is 0 Å². The molecule has 4 nitrogen and oxygen atoms in total. The molecule has 0 amide bonds. The van der Waals surface area contributed by atoms with Crippen LogP contribution in [0, 0.1) is 0 Å². The van der Waals surface area contributed by atoms with Crippen LogP contribution in [0.5, 0.6) is 0 Å². The first kappa shape index (κ1) is 16.9. The van der Waals surface area contributed by atoms with Crippen molar-refractivity contribution in [2.45, 2.75) is 26.2 Å². The van der Waals surface area contributed by atoms with Crippen LogP contribution in [-0.2, 0) is 19.3 Å². The van der Waals surface area contributed by atoms with Gasteiger partial charge >= 0.3 is 6.18 Å². The van der Waals surface area contributed by atoms with Gasteiger partial charge in [-0.15, -0.1) is 0 Å². The van der Waals surface area contributed by atoms with E-state index in [2.05, 4.69) is 15.6 Å². The summed E-state index contributed by atoms with van der Waals surface area (Å²) in [6.45, 7) is 3.15. The number of rotatable bonds is 5. The second-order valence-corrected chi connectivity index (χ2v) is 4.83. The van der Waals surface area contributed by atoms with E-state index in [1.54, 1.807) is 18.4 Å². The molecule has 0 unspecified atom stereocenters. The Hall–Kier alpha value is -2.44. The van der Waals surface area contributed by atoms with Crippen LogP contribution in [-0.4, -0.2) is 12.5 Å². The van der Waals surface area contributed by atoms with Gasteiger partial charge in [0, 0.05) is 6.54 Å². The normalized spacial score (nSPS) is 12.3. The van der Waals surface area contributed by atoms with Gasteiger partial charge in [-0.2, -0.15) is 13.2 Å². The maximum Gasteiger partial charge on any atom is 0.416 e. The highest BCUT2D eigenvalue weighted by Gasteiger charge is 2.30. The van der Waals surface area contributed by atoms with Crippen LogP contribution in [0.25, 0.3) is 0 Å². The lowest BCUT2D eigenvalue weighted by atomic mass is 10.1.